The van der Waals surface area contributed by atoms with Crippen molar-refractivity contribution in [1.82, 2.24) is 5.32 Å². The number of nitrogens with one attached hydrogen (secondary N) is 1. The second kappa shape index (κ2) is 4.15. The summed E-state index contributed by atoms with van der Waals surface area (Å²) in [5.74, 6) is 1.61. The van der Waals surface area contributed by atoms with Crippen molar-refractivity contribution in [3.8, 4) is 0 Å². The van der Waals surface area contributed by atoms with Gasteiger partial charge in [0.15, 0.2) is 0 Å². The lowest BCUT2D eigenvalue weighted by Gasteiger charge is -2.32. The van der Waals surface area contributed by atoms with Gasteiger partial charge in [0, 0.05) is 22.7 Å². The fourth-order valence-corrected chi connectivity index (χ4v) is 4.42. The number of nitrogens with zero attached hydrogens (tertiary/aromatic N) is 2. The summed E-state index contributed by atoms with van der Waals surface area (Å²) in [5.41, 5.74) is 0. The lowest BCUT2D eigenvalue weighted by Crippen LogP contribution is -2.48. The molecule has 6 atom stereocenters. The van der Waals surface area contributed by atoms with Crippen molar-refractivity contribution in [2.24, 2.45) is 23.7 Å². The number of hydrogen-bond acceptors (Lipinski definition) is 5. The Morgan fingerprint density at radius 2 is 1.28 bits per heavy atom. The summed E-state index contributed by atoms with van der Waals surface area (Å²) in [6, 6.07) is -1.97. The molecule has 7 heteroatoms. The van der Waals surface area contributed by atoms with E-state index in [0.29, 0.717) is 36.5 Å². The first kappa shape index (κ1) is 11.8. The molecule has 0 radical (unpaired) electrons. The van der Waals surface area contributed by atoms with Gasteiger partial charge < -0.3 is 5.32 Å². The minimum absolute atomic E-state index is 0.316. The standard InChI is InChI=1S/C11H17N3O4/c15-13(16)10-2-8-6-1-7(5-12-4-6)9(8)3-11(10)14(17)18/h6-12H,1-5H2. The number of fused-ring (bicyclic) bond motifs is 5. The van der Waals surface area contributed by atoms with E-state index in [0.717, 1.165) is 19.5 Å². The van der Waals surface area contributed by atoms with Crippen LogP contribution in [0.2, 0.25) is 0 Å². The molecule has 3 rings (SSSR count). The Morgan fingerprint density at radius 3 is 1.67 bits per heavy atom. The quantitative estimate of drug-likeness (QED) is 0.573. The van der Waals surface area contributed by atoms with Crippen molar-refractivity contribution < 1.29 is 9.85 Å². The third-order valence-electron chi connectivity index (χ3n) is 5.19. The highest BCUT2D eigenvalue weighted by atomic mass is 16.6. The van der Waals surface area contributed by atoms with Crippen LogP contribution in [0.1, 0.15) is 19.3 Å². The second-order valence-corrected chi connectivity index (χ2v) is 5.92. The van der Waals surface area contributed by atoms with Gasteiger partial charge in [0.2, 0.25) is 0 Å². The Bertz CT molecular complexity index is 354. The van der Waals surface area contributed by atoms with Crippen LogP contribution in [0.4, 0.5) is 0 Å². The van der Waals surface area contributed by atoms with Gasteiger partial charge in [-0.1, -0.05) is 0 Å². The molecular weight excluding hydrogens is 238 g/mol. The summed E-state index contributed by atoms with van der Waals surface area (Å²) >= 11 is 0. The van der Waals surface area contributed by atoms with E-state index in [1.807, 2.05) is 0 Å². The Morgan fingerprint density at radius 1 is 0.833 bits per heavy atom. The van der Waals surface area contributed by atoms with Crippen LogP contribution < -0.4 is 5.32 Å². The lowest BCUT2D eigenvalue weighted by atomic mass is 9.72. The molecule has 3 fully saturated rings. The van der Waals surface area contributed by atoms with Crippen molar-refractivity contribution in [3.05, 3.63) is 20.2 Å². The smallest absolute Gasteiger partial charge is 0.279 e. The van der Waals surface area contributed by atoms with E-state index < -0.39 is 21.9 Å². The van der Waals surface area contributed by atoms with Gasteiger partial charge in [0.1, 0.15) is 0 Å². The van der Waals surface area contributed by atoms with Gasteiger partial charge in [-0.3, -0.25) is 20.2 Å². The van der Waals surface area contributed by atoms with Gasteiger partial charge in [0.25, 0.3) is 12.1 Å². The summed E-state index contributed by atoms with van der Waals surface area (Å²) in [6.45, 7) is 1.84. The molecule has 0 aromatic rings. The molecule has 1 N–H and O–H groups in total. The van der Waals surface area contributed by atoms with Crippen molar-refractivity contribution >= 4 is 0 Å². The molecule has 7 nitrogen and oxygen atoms in total. The van der Waals surface area contributed by atoms with Crippen molar-refractivity contribution in [2.75, 3.05) is 13.1 Å². The van der Waals surface area contributed by atoms with Gasteiger partial charge in [-0.25, -0.2) is 0 Å². The zero-order valence-electron chi connectivity index (χ0n) is 10.0. The second-order valence-electron chi connectivity index (χ2n) is 5.92. The van der Waals surface area contributed by atoms with E-state index in [1.165, 1.54) is 0 Å². The summed E-state index contributed by atoms with van der Waals surface area (Å²) in [4.78, 5) is 21.2. The molecule has 0 spiro atoms. The average molecular weight is 255 g/mol. The monoisotopic (exact) mass is 255 g/mol. The predicted octanol–water partition coefficient (Wildman–Crippen LogP) is 0.542. The minimum Gasteiger partial charge on any atom is -0.316 e. The topological polar surface area (TPSA) is 98.3 Å². The molecule has 0 amide bonds. The van der Waals surface area contributed by atoms with Crippen molar-refractivity contribution in [3.63, 3.8) is 0 Å². The SMILES string of the molecule is O=[N+]([O-])C1CC2C3CNCC(C3)C2CC1[N+](=O)[O-]. The van der Waals surface area contributed by atoms with Crippen LogP contribution >= 0.6 is 0 Å². The lowest BCUT2D eigenvalue weighted by molar-refractivity contribution is -0.624. The van der Waals surface area contributed by atoms with Crippen LogP contribution in [0.15, 0.2) is 0 Å². The molecule has 0 aromatic carbocycles. The van der Waals surface area contributed by atoms with Crippen molar-refractivity contribution in [1.29, 1.82) is 0 Å². The largest absolute Gasteiger partial charge is 0.316 e. The van der Waals surface area contributed by atoms with Gasteiger partial charge in [-0.05, 0) is 43.2 Å². The molecule has 0 aromatic heterocycles. The Kier molecular flexibility index (Phi) is 2.73. The fourth-order valence-electron chi connectivity index (χ4n) is 4.42. The van der Waals surface area contributed by atoms with E-state index >= 15 is 0 Å². The van der Waals surface area contributed by atoms with E-state index in [2.05, 4.69) is 5.32 Å². The maximum absolute atomic E-state index is 11.0. The van der Waals surface area contributed by atoms with Crippen LogP contribution in [-0.4, -0.2) is 35.0 Å². The maximum atomic E-state index is 11.0. The molecule has 3 aliphatic rings. The van der Waals surface area contributed by atoms with Crippen LogP contribution in [0.3, 0.4) is 0 Å². The minimum atomic E-state index is -0.986. The van der Waals surface area contributed by atoms with Crippen LogP contribution in [0, 0.1) is 43.9 Å². The first-order chi connectivity index (χ1) is 8.58. The molecular formula is C11H17N3O4. The van der Waals surface area contributed by atoms with Gasteiger partial charge >= 0.3 is 0 Å². The Hall–Kier alpha value is -1.24. The third kappa shape index (κ3) is 1.68. The zero-order valence-corrected chi connectivity index (χ0v) is 10.0. The van der Waals surface area contributed by atoms with E-state index in [1.54, 1.807) is 0 Å². The normalized spacial score (nSPS) is 46.4. The Balaban J connectivity index is 1.85. The molecule has 1 heterocycles. The number of piperidine rings is 1. The van der Waals surface area contributed by atoms with Crippen LogP contribution in [-0.2, 0) is 0 Å². The summed E-state index contributed by atoms with van der Waals surface area (Å²) in [7, 11) is 0. The summed E-state index contributed by atoms with van der Waals surface area (Å²) in [6.07, 6.45) is 1.88. The first-order valence-corrected chi connectivity index (χ1v) is 6.55. The number of hydrogen-bond donors (Lipinski definition) is 1. The molecule has 2 bridgehead atoms. The van der Waals surface area contributed by atoms with Crippen LogP contribution in [0.25, 0.3) is 0 Å². The van der Waals surface area contributed by atoms with Gasteiger partial charge in [-0.15, -0.1) is 0 Å². The predicted molar refractivity (Wildman–Crippen MR) is 62.2 cm³/mol. The maximum Gasteiger partial charge on any atom is 0.279 e. The fraction of sp³-hybridized carbons (Fsp3) is 1.00. The molecule has 6 unspecified atom stereocenters. The molecule has 2 aliphatic carbocycles. The van der Waals surface area contributed by atoms with Gasteiger partial charge in [-0.2, -0.15) is 0 Å². The van der Waals surface area contributed by atoms with Crippen LogP contribution in [0.5, 0.6) is 0 Å². The van der Waals surface area contributed by atoms with E-state index in [4.69, 9.17) is 0 Å². The molecule has 1 aliphatic heterocycles. The molecule has 2 saturated carbocycles. The zero-order chi connectivity index (χ0) is 12.9. The Labute approximate surface area is 104 Å². The molecule has 18 heavy (non-hydrogen) atoms. The molecule has 1 saturated heterocycles. The van der Waals surface area contributed by atoms with E-state index in [9.17, 15) is 20.2 Å². The van der Waals surface area contributed by atoms with E-state index in [-0.39, 0.29) is 0 Å². The average Bonchev–Trinajstić information content (AvgIpc) is 2.59. The first-order valence-electron chi connectivity index (χ1n) is 6.55. The number of nitro groups is 2. The summed E-state index contributed by atoms with van der Waals surface area (Å²) < 4.78 is 0. The summed E-state index contributed by atoms with van der Waals surface area (Å²) in [5, 5.41) is 25.4. The van der Waals surface area contributed by atoms with Crippen molar-refractivity contribution in [2.45, 2.75) is 31.3 Å². The highest BCUT2D eigenvalue weighted by molar-refractivity contribution is 5.01. The van der Waals surface area contributed by atoms with Gasteiger partial charge in [0.05, 0.1) is 0 Å². The highest BCUT2D eigenvalue weighted by Crippen LogP contribution is 2.51. The highest BCUT2D eigenvalue weighted by Gasteiger charge is 2.57. The molecule has 100 valence electrons. The number of rotatable bonds is 2. The third-order valence-corrected chi connectivity index (χ3v) is 5.19.